The summed E-state index contributed by atoms with van der Waals surface area (Å²) in [6.07, 6.45) is 7.77. The van der Waals surface area contributed by atoms with Gasteiger partial charge in [-0.05, 0) is 33.9 Å². The van der Waals surface area contributed by atoms with Crippen LogP contribution in [0, 0.1) is 5.92 Å². The lowest BCUT2D eigenvalue weighted by Crippen LogP contribution is -2.30. The Morgan fingerprint density at radius 2 is 1.63 bits per heavy atom. The highest BCUT2D eigenvalue weighted by molar-refractivity contribution is 5.72. The first-order valence-electron chi connectivity index (χ1n) is 7.86. The van der Waals surface area contributed by atoms with Crippen molar-refractivity contribution in [2.75, 3.05) is 20.6 Å². The maximum Gasteiger partial charge on any atom is 0.309 e. The Bertz CT molecular complexity index is 229. The van der Waals surface area contributed by atoms with Crippen LogP contribution >= 0.6 is 0 Å². The summed E-state index contributed by atoms with van der Waals surface area (Å²) >= 11 is 0. The molecule has 0 rings (SSSR count). The zero-order valence-corrected chi connectivity index (χ0v) is 13.6. The number of unbranched alkanes of at least 4 members (excludes halogenated alkanes) is 3. The fourth-order valence-electron chi connectivity index (χ4n) is 2.32. The summed E-state index contributed by atoms with van der Waals surface area (Å²) in [5.74, 6) is 0.120. The van der Waals surface area contributed by atoms with Crippen molar-refractivity contribution in [2.24, 2.45) is 5.92 Å². The lowest BCUT2D eigenvalue weighted by molar-refractivity contribution is -0.154. The second-order valence-corrected chi connectivity index (χ2v) is 5.84. The fourth-order valence-corrected chi connectivity index (χ4v) is 2.32. The van der Waals surface area contributed by atoms with E-state index in [1.165, 1.54) is 12.8 Å². The van der Waals surface area contributed by atoms with Gasteiger partial charge in [-0.25, -0.2) is 0 Å². The molecule has 0 amide bonds. The van der Waals surface area contributed by atoms with Crippen molar-refractivity contribution in [3.05, 3.63) is 0 Å². The van der Waals surface area contributed by atoms with Gasteiger partial charge in [0.15, 0.2) is 0 Å². The predicted molar refractivity (Wildman–Crippen MR) is 81.3 cm³/mol. The number of carbonyl (C=O) groups is 1. The molecule has 0 aliphatic rings. The van der Waals surface area contributed by atoms with Gasteiger partial charge >= 0.3 is 5.97 Å². The zero-order chi connectivity index (χ0) is 14.7. The van der Waals surface area contributed by atoms with Crippen molar-refractivity contribution in [3.63, 3.8) is 0 Å². The molecule has 0 N–H and O–H groups in total. The molecule has 19 heavy (non-hydrogen) atoms. The minimum absolute atomic E-state index is 0.0129. The lowest BCUT2D eigenvalue weighted by atomic mass is 9.95. The molecule has 0 bridgehead atoms. The topological polar surface area (TPSA) is 29.5 Å². The van der Waals surface area contributed by atoms with Crippen LogP contribution in [0.4, 0.5) is 0 Å². The molecule has 114 valence electrons. The highest BCUT2D eigenvalue weighted by Crippen LogP contribution is 2.19. The number of esters is 1. The highest BCUT2D eigenvalue weighted by atomic mass is 16.5. The quantitative estimate of drug-likeness (QED) is 0.422. The van der Waals surface area contributed by atoms with Crippen molar-refractivity contribution in [1.82, 2.24) is 4.90 Å². The first kappa shape index (κ1) is 18.4. The Kier molecular flexibility index (Phi) is 10.9. The Balaban J connectivity index is 4.19. The van der Waals surface area contributed by atoms with E-state index < -0.39 is 0 Å². The van der Waals surface area contributed by atoms with Crippen LogP contribution in [0.3, 0.4) is 0 Å². The van der Waals surface area contributed by atoms with Gasteiger partial charge < -0.3 is 9.64 Å². The second-order valence-electron chi connectivity index (χ2n) is 5.84. The van der Waals surface area contributed by atoms with Crippen LogP contribution in [0.15, 0.2) is 0 Å². The van der Waals surface area contributed by atoms with Gasteiger partial charge in [-0.2, -0.15) is 0 Å². The summed E-state index contributed by atoms with van der Waals surface area (Å²) in [5, 5.41) is 0. The third-order valence-corrected chi connectivity index (χ3v) is 3.34. The molecule has 3 nitrogen and oxygen atoms in total. The van der Waals surface area contributed by atoms with Gasteiger partial charge in [0.2, 0.25) is 0 Å². The van der Waals surface area contributed by atoms with Crippen LogP contribution in [-0.2, 0) is 9.53 Å². The van der Waals surface area contributed by atoms with E-state index in [9.17, 15) is 4.79 Å². The van der Waals surface area contributed by atoms with Crippen LogP contribution in [0.25, 0.3) is 0 Å². The normalized spacial score (nSPS) is 14.4. The summed E-state index contributed by atoms with van der Waals surface area (Å²) in [5.41, 5.74) is 0. The molecule has 0 heterocycles. The Morgan fingerprint density at radius 3 is 2.16 bits per heavy atom. The number of hydrogen-bond donors (Lipinski definition) is 0. The Hall–Kier alpha value is -0.570. The molecule has 0 aromatic carbocycles. The summed E-state index contributed by atoms with van der Waals surface area (Å²) in [6, 6.07) is 0. The van der Waals surface area contributed by atoms with E-state index in [0.29, 0.717) is 0 Å². The third-order valence-electron chi connectivity index (χ3n) is 3.34. The van der Waals surface area contributed by atoms with Crippen LogP contribution in [0.1, 0.15) is 65.7 Å². The monoisotopic (exact) mass is 271 g/mol. The van der Waals surface area contributed by atoms with Gasteiger partial charge in [0, 0.05) is 6.54 Å². The maximum absolute atomic E-state index is 12.2. The lowest BCUT2D eigenvalue weighted by Gasteiger charge is -2.21. The van der Waals surface area contributed by atoms with Gasteiger partial charge in [-0.1, -0.05) is 46.0 Å². The molecule has 0 aliphatic heterocycles. The molecule has 0 spiro atoms. The van der Waals surface area contributed by atoms with E-state index in [-0.39, 0.29) is 18.0 Å². The first-order valence-corrected chi connectivity index (χ1v) is 7.86. The number of likely N-dealkylation sites (N-methyl/N-ethyl adjacent to an activating group) is 1. The van der Waals surface area contributed by atoms with Crippen molar-refractivity contribution in [3.8, 4) is 0 Å². The van der Waals surface area contributed by atoms with Gasteiger partial charge in [0.25, 0.3) is 0 Å². The van der Waals surface area contributed by atoms with Gasteiger partial charge in [0.05, 0.1) is 5.92 Å². The number of carbonyl (C=O) groups excluding carboxylic acids is 1. The second kappa shape index (κ2) is 11.3. The van der Waals surface area contributed by atoms with Crippen LogP contribution in [0.2, 0.25) is 0 Å². The molecule has 3 heteroatoms. The van der Waals surface area contributed by atoms with E-state index in [2.05, 4.69) is 18.7 Å². The van der Waals surface area contributed by atoms with Gasteiger partial charge in [-0.3, -0.25) is 4.79 Å². The van der Waals surface area contributed by atoms with E-state index in [1.807, 2.05) is 21.0 Å². The summed E-state index contributed by atoms with van der Waals surface area (Å²) in [6.45, 7) is 7.13. The molecule has 0 saturated carbocycles. The van der Waals surface area contributed by atoms with Crippen molar-refractivity contribution < 1.29 is 9.53 Å². The maximum atomic E-state index is 12.2. The molecular weight excluding hydrogens is 238 g/mol. The largest absolute Gasteiger partial charge is 0.461 e. The van der Waals surface area contributed by atoms with E-state index in [4.69, 9.17) is 4.74 Å². The summed E-state index contributed by atoms with van der Waals surface area (Å²) in [4.78, 5) is 14.2. The smallest absolute Gasteiger partial charge is 0.309 e. The molecule has 0 radical (unpaired) electrons. The average Bonchev–Trinajstić information content (AvgIpc) is 2.32. The summed E-state index contributed by atoms with van der Waals surface area (Å²) in [7, 11) is 4.00. The summed E-state index contributed by atoms with van der Waals surface area (Å²) < 4.78 is 5.57. The molecule has 0 saturated heterocycles. The minimum Gasteiger partial charge on any atom is -0.461 e. The van der Waals surface area contributed by atoms with E-state index in [0.717, 1.165) is 38.6 Å². The zero-order valence-electron chi connectivity index (χ0n) is 13.6. The molecule has 0 fully saturated rings. The molecule has 0 aliphatic carbocycles. The SMILES string of the molecule is CCCCCC(CCCC)C(=O)OC(C)CN(C)C. The molecular formula is C16H33NO2. The Labute approximate surface area is 119 Å². The van der Waals surface area contributed by atoms with Crippen molar-refractivity contribution >= 4 is 5.97 Å². The fraction of sp³-hybridized carbons (Fsp3) is 0.938. The standard InChI is InChI=1S/C16H33NO2/c1-6-8-10-12-15(11-9-7-2)16(18)19-14(3)13-17(4)5/h14-15H,6-13H2,1-5H3. The number of ether oxygens (including phenoxy) is 1. The number of rotatable bonds is 11. The number of hydrogen-bond acceptors (Lipinski definition) is 3. The van der Waals surface area contributed by atoms with Crippen LogP contribution < -0.4 is 0 Å². The van der Waals surface area contributed by atoms with E-state index >= 15 is 0 Å². The van der Waals surface area contributed by atoms with E-state index in [1.54, 1.807) is 0 Å². The predicted octanol–water partition coefficient (Wildman–Crippen LogP) is 3.87. The molecule has 0 aromatic heterocycles. The Morgan fingerprint density at radius 1 is 1.05 bits per heavy atom. The average molecular weight is 271 g/mol. The minimum atomic E-state index is -0.0159. The third kappa shape index (κ3) is 9.94. The molecule has 2 atom stereocenters. The molecule has 0 aromatic rings. The van der Waals surface area contributed by atoms with Crippen LogP contribution in [-0.4, -0.2) is 37.6 Å². The highest BCUT2D eigenvalue weighted by Gasteiger charge is 2.21. The van der Waals surface area contributed by atoms with Crippen molar-refractivity contribution in [1.29, 1.82) is 0 Å². The first-order chi connectivity index (χ1) is 9.01. The van der Waals surface area contributed by atoms with Gasteiger partial charge in [0.1, 0.15) is 6.10 Å². The van der Waals surface area contributed by atoms with Crippen molar-refractivity contribution in [2.45, 2.75) is 71.8 Å². The van der Waals surface area contributed by atoms with Gasteiger partial charge in [-0.15, -0.1) is 0 Å². The molecule has 2 unspecified atom stereocenters. The number of nitrogens with zero attached hydrogens (tertiary/aromatic N) is 1. The van der Waals surface area contributed by atoms with Crippen LogP contribution in [0.5, 0.6) is 0 Å².